The fraction of sp³-hybridized carbons (Fsp3) is 0.935. The highest BCUT2D eigenvalue weighted by atomic mass is 31.2. The van der Waals surface area contributed by atoms with Crippen LogP contribution in [0.3, 0.4) is 0 Å². The van der Waals surface area contributed by atoms with Crippen LogP contribution in [0.2, 0.25) is 0 Å². The average Bonchev–Trinajstić information content (AvgIpc) is 3.43. The molecule has 0 rings (SSSR count). The highest BCUT2D eigenvalue weighted by molar-refractivity contribution is 7.47. The first-order chi connectivity index (χ1) is 39.0. The Morgan fingerprint density at radius 2 is 0.568 bits per heavy atom. The Morgan fingerprint density at radius 3 is 0.840 bits per heavy atom. The molecule has 17 nitrogen and oxygen atoms in total. The Morgan fingerprint density at radius 1 is 0.333 bits per heavy atom. The van der Waals surface area contributed by atoms with Gasteiger partial charge in [0, 0.05) is 25.7 Å². The smallest absolute Gasteiger partial charge is 0.462 e. The molecule has 3 N–H and O–H groups in total. The van der Waals surface area contributed by atoms with E-state index in [1.54, 1.807) is 0 Å². The Balaban J connectivity index is 5.07. The summed E-state index contributed by atoms with van der Waals surface area (Å²) in [4.78, 5) is 71.6. The van der Waals surface area contributed by atoms with Gasteiger partial charge in [0.2, 0.25) is 0 Å². The maximum atomic E-state index is 13.0. The predicted molar refractivity (Wildman–Crippen MR) is 322 cm³/mol. The Bertz CT molecular complexity index is 1580. The third kappa shape index (κ3) is 56.9. The SMILES string of the molecule is CCCCCCCCCCCCCCC(=O)OC[C@H](COP(=O)(O)OC[C@@H](O)COP(=O)(O)OC[C@@H](COC(=O)CCCCCCC)OC(=O)CCCCCCC)OC(=O)CCCCCCCCCCCCCCCCCCC(C)C. The summed E-state index contributed by atoms with van der Waals surface area (Å²) in [5.41, 5.74) is 0. The number of ether oxygens (including phenoxy) is 4. The maximum absolute atomic E-state index is 13.0. The van der Waals surface area contributed by atoms with E-state index in [4.69, 9.17) is 37.0 Å². The number of carbonyl (C=O) groups is 4. The second kappa shape index (κ2) is 55.9. The van der Waals surface area contributed by atoms with Crippen molar-refractivity contribution in [1.29, 1.82) is 0 Å². The van der Waals surface area contributed by atoms with Gasteiger partial charge in [-0.25, -0.2) is 9.13 Å². The molecule has 19 heteroatoms. The van der Waals surface area contributed by atoms with E-state index in [9.17, 15) is 43.2 Å². The van der Waals surface area contributed by atoms with E-state index in [0.717, 1.165) is 102 Å². The number of carbonyl (C=O) groups excluding carboxylic acids is 4. The summed E-state index contributed by atoms with van der Waals surface area (Å²) >= 11 is 0. The van der Waals surface area contributed by atoms with Crippen LogP contribution < -0.4 is 0 Å². The van der Waals surface area contributed by atoms with Gasteiger partial charge in [-0.1, -0.05) is 259 Å². The summed E-state index contributed by atoms with van der Waals surface area (Å²) in [6.07, 6.45) is 39.8. The van der Waals surface area contributed by atoms with Crippen LogP contribution in [0, 0.1) is 5.92 Å². The number of rotatable bonds is 62. The molecular weight excluding hydrogens is 1080 g/mol. The van der Waals surface area contributed by atoms with E-state index in [2.05, 4.69) is 34.6 Å². The van der Waals surface area contributed by atoms with E-state index in [1.165, 1.54) is 128 Å². The molecule has 0 saturated heterocycles. The normalized spacial score (nSPS) is 14.3. The molecule has 0 aliphatic carbocycles. The minimum atomic E-state index is -4.94. The monoisotopic (exact) mass is 1200 g/mol. The van der Waals surface area contributed by atoms with Crippen molar-refractivity contribution in [2.45, 2.75) is 329 Å². The Kier molecular flexibility index (Phi) is 54.6. The van der Waals surface area contributed by atoms with Gasteiger partial charge in [-0.15, -0.1) is 0 Å². The lowest BCUT2D eigenvalue weighted by Gasteiger charge is -2.21. The van der Waals surface area contributed by atoms with Crippen LogP contribution in [0.15, 0.2) is 0 Å². The Labute approximate surface area is 492 Å². The van der Waals surface area contributed by atoms with Gasteiger partial charge in [0.15, 0.2) is 12.2 Å². The molecule has 0 aliphatic rings. The van der Waals surface area contributed by atoms with Crippen LogP contribution >= 0.6 is 15.6 Å². The number of aliphatic hydroxyl groups is 1. The van der Waals surface area contributed by atoms with Crippen molar-refractivity contribution in [2.24, 2.45) is 5.92 Å². The third-order valence-electron chi connectivity index (χ3n) is 14.3. The number of esters is 4. The number of hydrogen-bond donors (Lipinski definition) is 3. The molecule has 0 bridgehead atoms. The van der Waals surface area contributed by atoms with Crippen LogP contribution in [0.1, 0.15) is 311 Å². The molecular formula is C62H120O17P2. The molecule has 0 heterocycles. The topological polar surface area (TPSA) is 237 Å². The van der Waals surface area contributed by atoms with Gasteiger partial charge < -0.3 is 33.8 Å². The summed E-state index contributed by atoms with van der Waals surface area (Å²) < 4.78 is 67.5. The van der Waals surface area contributed by atoms with Gasteiger partial charge in [-0.3, -0.25) is 37.3 Å². The van der Waals surface area contributed by atoms with Crippen molar-refractivity contribution >= 4 is 39.5 Å². The van der Waals surface area contributed by atoms with Crippen molar-refractivity contribution in [2.75, 3.05) is 39.6 Å². The fourth-order valence-corrected chi connectivity index (χ4v) is 10.8. The van der Waals surface area contributed by atoms with E-state index in [0.29, 0.717) is 25.7 Å². The van der Waals surface area contributed by atoms with E-state index >= 15 is 0 Å². The second-order valence-corrected chi connectivity index (χ2v) is 25.8. The first-order valence-corrected chi connectivity index (χ1v) is 35.6. The first-order valence-electron chi connectivity index (χ1n) is 32.6. The lowest BCUT2D eigenvalue weighted by Crippen LogP contribution is -2.30. The zero-order chi connectivity index (χ0) is 59.9. The Hall–Kier alpha value is -1.94. The standard InChI is InChI=1S/C62H120O17P2/c1-6-9-12-15-16-17-18-26-29-32-37-41-46-60(65)73-52-58(79-62(67)48-43-38-33-30-27-24-22-20-19-21-23-25-28-31-36-39-44-55(4)5)54-77-81(70,71)75-50-56(63)49-74-80(68,69)76-53-57(78-61(66)47-42-35-14-11-8-3)51-72-59(64)45-40-34-13-10-7-2/h55-58,63H,6-54H2,1-5H3,(H,68,69)(H,70,71)/t56-,57+,58+/m0/s1. The molecule has 0 fully saturated rings. The minimum absolute atomic E-state index is 0.0989. The average molecular weight is 1200 g/mol. The lowest BCUT2D eigenvalue weighted by atomic mass is 10.0. The van der Waals surface area contributed by atoms with Gasteiger partial charge >= 0.3 is 39.5 Å². The highest BCUT2D eigenvalue weighted by Crippen LogP contribution is 2.45. The minimum Gasteiger partial charge on any atom is -0.462 e. The molecule has 2 unspecified atom stereocenters. The molecule has 0 radical (unpaired) electrons. The van der Waals surface area contributed by atoms with E-state index in [-0.39, 0.29) is 25.7 Å². The van der Waals surface area contributed by atoms with Crippen molar-refractivity contribution < 1.29 is 80.2 Å². The van der Waals surface area contributed by atoms with Crippen LogP contribution in [-0.4, -0.2) is 96.7 Å². The molecule has 5 atom stereocenters. The summed E-state index contributed by atoms with van der Waals surface area (Å²) in [5, 5.41) is 10.5. The van der Waals surface area contributed by atoms with Crippen molar-refractivity contribution in [3.63, 3.8) is 0 Å². The van der Waals surface area contributed by atoms with Gasteiger partial charge in [-0.05, 0) is 31.6 Å². The van der Waals surface area contributed by atoms with Crippen LogP contribution in [-0.2, 0) is 65.4 Å². The van der Waals surface area contributed by atoms with Gasteiger partial charge in [0.05, 0.1) is 26.4 Å². The molecule has 81 heavy (non-hydrogen) atoms. The number of unbranched alkanes of at least 4 members (excludes halogenated alkanes) is 34. The summed E-state index contributed by atoms with van der Waals surface area (Å²) in [6, 6.07) is 0. The molecule has 0 amide bonds. The molecule has 480 valence electrons. The van der Waals surface area contributed by atoms with Crippen LogP contribution in [0.4, 0.5) is 0 Å². The zero-order valence-electron chi connectivity index (χ0n) is 51.9. The van der Waals surface area contributed by atoms with Crippen molar-refractivity contribution in [3.05, 3.63) is 0 Å². The number of hydrogen-bond acceptors (Lipinski definition) is 15. The maximum Gasteiger partial charge on any atom is 0.472 e. The van der Waals surface area contributed by atoms with Crippen LogP contribution in [0.25, 0.3) is 0 Å². The van der Waals surface area contributed by atoms with Gasteiger partial charge in [-0.2, -0.15) is 0 Å². The number of aliphatic hydroxyl groups excluding tert-OH is 1. The van der Waals surface area contributed by atoms with E-state index in [1.807, 2.05) is 0 Å². The summed E-state index contributed by atoms with van der Waals surface area (Å²) in [7, 11) is -9.86. The number of phosphoric ester groups is 2. The van der Waals surface area contributed by atoms with E-state index < -0.39 is 97.5 Å². The molecule has 0 spiro atoms. The molecule has 0 aromatic rings. The first kappa shape index (κ1) is 79.1. The lowest BCUT2D eigenvalue weighted by molar-refractivity contribution is -0.161. The zero-order valence-corrected chi connectivity index (χ0v) is 53.7. The largest absolute Gasteiger partial charge is 0.472 e. The fourth-order valence-electron chi connectivity index (χ4n) is 9.23. The molecule has 0 aromatic carbocycles. The van der Waals surface area contributed by atoms with Gasteiger partial charge in [0.25, 0.3) is 0 Å². The van der Waals surface area contributed by atoms with Gasteiger partial charge in [0.1, 0.15) is 19.3 Å². The molecule has 0 aliphatic heterocycles. The highest BCUT2D eigenvalue weighted by Gasteiger charge is 2.30. The van der Waals surface area contributed by atoms with Crippen molar-refractivity contribution in [1.82, 2.24) is 0 Å². The molecule has 0 saturated carbocycles. The quantitative estimate of drug-likeness (QED) is 0.0222. The summed E-state index contributed by atoms with van der Waals surface area (Å²) in [6.45, 7) is 7.03. The van der Waals surface area contributed by atoms with Crippen molar-refractivity contribution in [3.8, 4) is 0 Å². The predicted octanol–water partition coefficient (Wildman–Crippen LogP) is 17.0. The summed E-state index contributed by atoms with van der Waals surface area (Å²) in [5.74, 6) is -1.35. The second-order valence-electron chi connectivity index (χ2n) is 22.9. The van der Waals surface area contributed by atoms with Crippen LogP contribution in [0.5, 0.6) is 0 Å². The number of phosphoric acid groups is 2. The third-order valence-corrected chi connectivity index (χ3v) is 16.2. The molecule has 0 aromatic heterocycles.